The lowest BCUT2D eigenvalue weighted by molar-refractivity contribution is -0.137. The molecule has 0 radical (unpaired) electrons. The van der Waals surface area contributed by atoms with Crippen LogP contribution in [0.25, 0.3) is 0 Å². The van der Waals surface area contributed by atoms with Gasteiger partial charge in [0.2, 0.25) is 0 Å². The maximum absolute atomic E-state index is 11.0. The second-order valence-electron chi connectivity index (χ2n) is 5.46. The molecule has 1 aromatic carbocycles. The van der Waals surface area contributed by atoms with Crippen LogP contribution in [0.5, 0.6) is 0 Å². The van der Waals surface area contributed by atoms with Crippen molar-refractivity contribution in [3.8, 4) is 0 Å². The van der Waals surface area contributed by atoms with Crippen molar-refractivity contribution in [2.75, 3.05) is 11.4 Å². The number of carboxylic acid groups (broad SMARTS) is 1. The molecule has 2 heterocycles. The second kappa shape index (κ2) is 5.20. The van der Waals surface area contributed by atoms with Gasteiger partial charge in [0.15, 0.2) is 5.82 Å². The number of aliphatic carboxylic acids is 1. The van der Waals surface area contributed by atoms with Crippen molar-refractivity contribution in [2.24, 2.45) is 7.05 Å². The summed E-state index contributed by atoms with van der Waals surface area (Å²) in [4.78, 5) is 13.2. The van der Waals surface area contributed by atoms with Gasteiger partial charge in [-0.25, -0.2) is 0 Å². The summed E-state index contributed by atoms with van der Waals surface area (Å²) in [6, 6.07) is 8.01. The molecule has 0 spiro atoms. The van der Waals surface area contributed by atoms with Crippen LogP contribution in [0.1, 0.15) is 29.6 Å². The highest BCUT2D eigenvalue weighted by molar-refractivity contribution is 5.71. The summed E-state index contributed by atoms with van der Waals surface area (Å²) in [6.45, 7) is 3.27. The molecule has 3 rings (SSSR count). The van der Waals surface area contributed by atoms with Crippen LogP contribution in [0.15, 0.2) is 24.3 Å². The third kappa shape index (κ3) is 2.49. The number of benzene rings is 1. The molecule has 1 aromatic heterocycles. The molecule has 21 heavy (non-hydrogen) atoms. The highest BCUT2D eigenvalue weighted by atomic mass is 16.4. The number of aryl methyl sites for hydroxylation is 1. The van der Waals surface area contributed by atoms with Crippen molar-refractivity contribution in [1.82, 2.24) is 14.8 Å². The highest BCUT2D eigenvalue weighted by Gasteiger charge is 2.30. The predicted octanol–water partition coefficient (Wildman–Crippen LogP) is 1.70. The van der Waals surface area contributed by atoms with Gasteiger partial charge >= 0.3 is 5.97 Å². The largest absolute Gasteiger partial charge is 0.481 e. The minimum absolute atomic E-state index is 0.0352. The van der Waals surface area contributed by atoms with Gasteiger partial charge in [-0.1, -0.05) is 18.2 Å². The summed E-state index contributed by atoms with van der Waals surface area (Å²) in [6.07, 6.45) is 0.158. The normalized spacial score (nSPS) is 17.0. The third-order valence-corrected chi connectivity index (χ3v) is 4.09. The molecule has 2 aromatic rings. The average Bonchev–Trinajstić information content (AvgIpc) is 2.95. The van der Waals surface area contributed by atoms with Crippen LogP contribution in [0.2, 0.25) is 0 Å². The maximum Gasteiger partial charge on any atom is 0.304 e. The van der Waals surface area contributed by atoms with E-state index in [1.54, 1.807) is 0 Å². The van der Waals surface area contributed by atoms with Gasteiger partial charge in [-0.15, -0.1) is 10.2 Å². The fourth-order valence-corrected chi connectivity index (χ4v) is 2.88. The quantitative estimate of drug-likeness (QED) is 0.926. The molecule has 6 heteroatoms. The molecule has 0 bridgehead atoms. The minimum atomic E-state index is -0.758. The first-order valence-corrected chi connectivity index (χ1v) is 6.97. The van der Waals surface area contributed by atoms with E-state index in [9.17, 15) is 4.79 Å². The van der Waals surface area contributed by atoms with Crippen LogP contribution in [0, 0.1) is 6.92 Å². The summed E-state index contributed by atoms with van der Waals surface area (Å²) >= 11 is 0. The van der Waals surface area contributed by atoms with Crippen molar-refractivity contribution in [3.05, 3.63) is 41.5 Å². The number of nitrogens with zero attached hydrogens (tertiary/aromatic N) is 4. The average molecular weight is 286 g/mol. The smallest absolute Gasteiger partial charge is 0.304 e. The Bertz CT molecular complexity index is 680. The van der Waals surface area contributed by atoms with E-state index >= 15 is 0 Å². The number of carbonyl (C=O) groups is 1. The predicted molar refractivity (Wildman–Crippen MR) is 78.2 cm³/mol. The Morgan fingerprint density at radius 3 is 2.81 bits per heavy atom. The van der Waals surface area contributed by atoms with E-state index in [-0.39, 0.29) is 12.3 Å². The number of aromatic nitrogens is 3. The molecule has 110 valence electrons. The third-order valence-electron chi connectivity index (χ3n) is 4.09. The van der Waals surface area contributed by atoms with Gasteiger partial charge in [0.25, 0.3) is 0 Å². The van der Waals surface area contributed by atoms with E-state index in [1.807, 2.05) is 42.8 Å². The van der Waals surface area contributed by atoms with Crippen LogP contribution in [0.3, 0.4) is 0 Å². The molecule has 1 unspecified atom stereocenters. The Kier molecular flexibility index (Phi) is 3.37. The minimum Gasteiger partial charge on any atom is -0.481 e. The van der Waals surface area contributed by atoms with E-state index in [2.05, 4.69) is 15.1 Å². The van der Waals surface area contributed by atoms with Gasteiger partial charge in [0, 0.05) is 25.2 Å². The Hall–Kier alpha value is -2.37. The number of carboxylic acids is 1. The number of para-hydroxylation sites is 1. The highest BCUT2D eigenvalue weighted by Crippen LogP contribution is 2.38. The van der Waals surface area contributed by atoms with Gasteiger partial charge in [0.05, 0.1) is 13.0 Å². The molecule has 1 aliphatic rings. The van der Waals surface area contributed by atoms with Crippen molar-refractivity contribution >= 4 is 11.7 Å². The summed E-state index contributed by atoms with van der Waals surface area (Å²) in [5, 5.41) is 17.3. The molecule has 0 saturated heterocycles. The van der Waals surface area contributed by atoms with Crippen LogP contribution in [0.4, 0.5) is 5.69 Å². The number of rotatable bonds is 4. The fraction of sp³-hybridized carbons (Fsp3) is 0.400. The SMILES string of the molecule is Cc1nnc(CN2CC(CC(=O)O)c3ccccc32)n1C. The molecular weight excluding hydrogens is 268 g/mol. The lowest BCUT2D eigenvalue weighted by Gasteiger charge is -2.19. The van der Waals surface area contributed by atoms with Crippen LogP contribution >= 0.6 is 0 Å². The first-order chi connectivity index (χ1) is 10.1. The van der Waals surface area contributed by atoms with Gasteiger partial charge < -0.3 is 14.6 Å². The van der Waals surface area contributed by atoms with Crippen molar-refractivity contribution in [1.29, 1.82) is 0 Å². The molecule has 1 aliphatic heterocycles. The van der Waals surface area contributed by atoms with Crippen LogP contribution in [-0.4, -0.2) is 32.4 Å². The van der Waals surface area contributed by atoms with Gasteiger partial charge in [0.1, 0.15) is 5.82 Å². The van der Waals surface area contributed by atoms with Crippen LogP contribution < -0.4 is 4.90 Å². The lowest BCUT2D eigenvalue weighted by Crippen LogP contribution is -2.24. The first kappa shape index (κ1) is 13.6. The lowest BCUT2D eigenvalue weighted by atomic mass is 9.98. The number of anilines is 1. The zero-order valence-corrected chi connectivity index (χ0v) is 12.2. The maximum atomic E-state index is 11.0. The Labute approximate surface area is 123 Å². The Morgan fingerprint density at radius 1 is 1.38 bits per heavy atom. The topological polar surface area (TPSA) is 71.2 Å². The fourth-order valence-electron chi connectivity index (χ4n) is 2.88. The van der Waals surface area contributed by atoms with Gasteiger partial charge in [-0.3, -0.25) is 4.79 Å². The zero-order chi connectivity index (χ0) is 15.0. The summed E-state index contributed by atoms with van der Waals surface area (Å²) < 4.78 is 1.97. The van der Waals surface area contributed by atoms with Crippen molar-refractivity contribution in [2.45, 2.75) is 25.8 Å². The summed E-state index contributed by atoms with van der Waals surface area (Å²) in [5.41, 5.74) is 2.21. The van der Waals surface area contributed by atoms with E-state index in [4.69, 9.17) is 5.11 Å². The summed E-state index contributed by atoms with van der Waals surface area (Å²) in [7, 11) is 1.95. The molecular formula is C15H18N4O2. The molecule has 0 aliphatic carbocycles. The zero-order valence-electron chi connectivity index (χ0n) is 12.2. The Morgan fingerprint density at radius 2 is 2.14 bits per heavy atom. The molecule has 0 amide bonds. The van der Waals surface area contributed by atoms with E-state index in [1.165, 1.54) is 0 Å². The number of fused-ring (bicyclic) bond motifs is 1. The number of hydrogen-bond acceptors (Lipinski definition) is 4. The standard InChI is InChI=1S/C15H18N4O2/c1-10-16-17-14(18(10)2)9-19-8-11(7-15(20)21)12-5-3-4-6-13(12)19/h3-6,11H,7-9H2,1-2H3,(H,20,21). The summed E-state index contributed by atoms with van der Waals surface area (Å²) in [5.74, 6) is 1.04. The number of hydrogen-bond donors (Lipinski definition) is 1. The Balaban J connectivity index is 1.87. The molecule has 1 N–H and O–H groups in total. The van der Waals surface area contributed by atoms with Crippen molar-refractivity contribution in [3.63, 3.8) is 0 Å². The molecule has 0 saturated carbocycles. The van der Waals surface area contributed by atoms with E-state index in [0.717, 1.165) is 22.9 Å². The van der Waals surface area contributed by atoms with Crippen molar-refractivity contribution < 1.29 is 9.90 Å². The van der Waals surface area contributed by atoms with Crippen LogP contribution in [-0.2, 0) is 18.4 Å². The van der Waals surface area contributed by atoms with Gasteiger partial charge in [-0.2, -0.15) is 0 Å². The van der Waals surface area contributed by atoms with Gasteiger partial charge in [-0.05, 0) is 18.6 Å². The monoisotopic (exact) mass is 286 g/mol. The first-order valence-electron chi connectivity index (χ1n) is 6.97. The molecule has 0 fully saturated rings. The second-order valence-corrected chi connectivity index (χ2v) is 5.46. The molecule has 1 atom stereocenters. The van der Waals surface area contributed by atoms with E-state index < -0.39 is 5.97 Å². The van der Waals surface area contributed by atoms with E-state index in [0.29, 0.717) is 13.1 Å². The molecule has 6 nitrogen and oxygen atoms in total.